The number of pyridine rings is 1. The maximum absolute atomic E-state index is 13.8. The Balaban J connectivity index is 1.12. The Morgan fingerprint density at radius 1 is 0.833 bits per heavy atom. The van der Waals surface area contributed by atoms with E-state index in [2.05, 4.69) is 30.4 Å². The van der Waals surface area contributed by atoms with E-state index in [1.807, 2.05) is 12.1 Å². The van der Waals surface area contributed by atoms with Crippen LogP contribution in [0.4, 0.5) is 31.5 Å². The Bertz CT molecular complexity index is 1210. The third-order valence-corrected chi connectivity index (χ3v) is 7.41. The van der Waals surface area contributed by atoms with E-state index in [0.29, 0.717) is 36.7 Å². The minimum atomic E-state index is -0.460. The van der Waals surface area contributed by atoms with Gasteiger partial charge < -0.3 is 25.3 Å². The number of nitrogens with zero attached hydrogens (tertiary/aromatic N) is 5. The Kier molecular flexibility index (Phi) is 7.26. The second-order valence-electron chi connectivity index (χ2n) is 8.80. The van der Waals surface area contributed by atoms with E-state index in [1.165, 1.54) is 29.9 Å². The summed E-state index contributed by atoms with van der Waals surface area (Å²) in [5.74, 6) is 0.116. The number of amides is 3. The van der Waals surface area contributed by atoms with Gasteiger partial charge in [-0.3, -0.25) is 4.79 Å². The zero-order chi connectivity index (χ0) is 24.9. The molecule has 3 amide bonds. The number of para-hydroxylation sites is 1. The number of rotatable bonds is 5. The molecule has 188 valence electrons. The van der Waals surface area contributed by atoms with Gasteiger partial charge in [0.05, 0.1) is 23.8 Å². The van der Waals surface area contributed by atoms with Gasteiger partial charge in [0.1, 0.15) is 16.5 Å². The Morgan fingerprint density at radius 2 is 1.61 bits per heavy atom. The minimum Gasteiger partial charge on any atom is -0.353 e. The molecule has 5 rings (SSSR count). The molecule has 2 N–H and O–H groups in total. The first-order valence-corrected chi connectivity index (χ1v) is 12.9. The van der Waals surface area contributed by atoms with Gasteiger partial charge in [0.2, 0.25) is 0 Å². The first-order chi connectivity index (χ1) is 17.6. The largest absolute Gasteiger partial charge is 0.353 e. The van der Waals surface area contributed by atoms with Crippen LogP contribution in [0.3, 0.4) is 0 Å². The van der Waals surface area contributed by atoms with Crippen LogP contribution in [-0.2, 0) is 0 Å². The van der Waals surface area contributed by atoms with Crippen LogP contribution in [0.15, 0.2) is 48.8 Å². The van der Waals surface area contributed by atoms with Gasteiger partial charge in [-0.1, -0.05) is 23.5 Å². The molecule has 0 aliphatic carbocycles. The normalized spacial score (nSPS) is 16.1. The van der Waals surface area contributed by atoms with Gasteiger partial charge in [0.15, 0.2) is 5.13 Å². The molecule has 2 aliphatic heterocycles. The van der Waals surface area contributed by atoms with E-state index < -0.39 is 5.82 Å². The Morgan fingerprint density at radius 3 is 2.33 bits per heavy atom. The lowest BCUT2D eigenvalue weighted by Gasteiger charge is -2.35. The summed E-state index contributed by atoms with van der Waals surface area (Å²) >= 11 is 1.41. The van der Waals surface area contributed by atoms with E-state index in [9.17, 15) is 14.0 Å². The van der Waals surface area contributed by atoms with Crippen molar-refractivity contribution in [1.29, 1.82) is 0 Å². The number of anilines is 4. The minimum absolute atomic E-state index is 0.172. The molecule has 36 heavy (non-hydrogen) atoms. The van der Waals surface area contributed by atoms with Gasteiger partial charge in [-0.25, -0.2) is 19.2 Å². The standard InChI is InChI=1S/C25H28FN7O2S/c26-19-6-2-3-7-20(19)30-24(35)32-14-12-31(13-15-32)22-9-8-18(16-27-22)29-23(34)21-17-28-25(36-21)33-10-4-1-5-11-33/h2-3,6-9,16-17H,1,4-5,10-15H2,(H,29,34)(H,30,35). The molecule has 0 bridgehead atoms. The summed E-state index contributed by atoms with van der Waals surface area (Å²) in [6.07, 6.45) is 6.84. The highest BCUT2D eigenvalue weighted by Gasteiger charge is 2.23. The second kappa shape index (κ2) is 10.9. The summed E-state index contributed by atoms with van der Waals surface area (Å²) in [5.41, 5.74) is 0.782. The predicted molar refractivity (Wildman–Crippen MR) is 140 cm³/mol. The molecule has 4 heterocycles. The van der Waals surface area contributed by atoms with Crippen LogP contribution < -0.4 is 20.4 Å². The molecule has 11 heteroatoms. The highest BCUT2D eigenvalue weighted by Crippen LogP contribution is 2.26. The van der Waals surface area contributed by atoms with Crippen molar-refractivity contribution in [3.63, 3.8) is 0 Å². The van der Waals surface area contributed by atoms with Crippen LogP contribution >= 0.6 is 11.3 Å². The van der Waals surface area contributed by atoms with Crippen LogP contribution in [0, 0.1) is 5.82 Å². The monoisotopic (exact) mass is 509 g/mol. The molecule has 0 saturated carbocycles. The summed E-state index contributed by atoms with van der Waals surface area (Å²) in [5, 5.41) is 6.42. The molecule has 2 saturated heterocycles. The van der Waals surface area contributed by atoms with Crippen molar-refractivity contribution in [2.45, 2.75) is 19.3 Å². The van der Waals surface area contributed by atoms with E-state index in [0.717, 1.165) is 36.9 Å². The van der Waals surface area contributed by atoms with Gasteiger partial charge in [-0.05, 0) is 43.5 Å². The number of halogens is 1. The SMILES string of the molecule is O=C(Nc1ccc(N2CCN(C(=O)Nc3ccccc3F)CC2)nc1)c1cnc(N2CCCCC2)s1. The van der Waals surface area contributed by atoms with Crippen LogP contribution in [0.5, 0.6) is 0 Å². The van der Waals surface area contributed by atoms with Crippen molar-refractivity contribution >= 4 is 45.6 Å². The third kappa shape index (κ3) is 5.56. The van der Waals surface area contributed by atoms with Crippen LogP contribution in [0.25, 0.3) is 0 Å². The van der Waals surface area contributed by atoms with E-state index in [1.54, 1.807) is 29.4 Å². The first-order valence-electron chi connectivity index (χ1n) is 12.1. The number of hydrogen-bond acceptors (Lipinski definition) is 7. The summed E-state index contributed by atoms with van der Waals surface area (Å²) in [7, 11) is 0. The van der Waals surface area contributed by atoms with E-state index in [4.69, 9.17) is 0 Å². The van der Waals surface area contributed by atoms with Crippen molar-refractivity contribution in [1.82, 2.24) is 14.9 Å². The van der Waals surface area contributed by atoms with Crippen molar-refractivity contribution in [2.24, 2.45) is 0 Å². The van der Waals surface area contributed by atoms with Gasteiger partial charge in [-0.15, -0.1) is 0 Å². The molecule has 3 aromatic rings. The van der Waals surface area contributed by atoms with Gasteiger partial charge in [-0.2, -0.15) is 0 Å². The molecule has 0 radical (unpaired) electrons. The number of urea groups is 1. The number of aromatic nitrogens is 2. The van der Waals surface area contributed by atoms with Crippen LogP contribution in [-0.4, -0.2) is 66.1 Å². The Labute approximate surface area is 212 Å². The number of hydrogen-bond donors (Lipinski definition) is 2. The van der Waals surface area contributed by atoms with E-state index >= 15 is 0 Å². The molecule has 2 fully saturated rings. The second-order valence-corrected chi connectivity index (χ2v) is 9.81. The van der Waals surface area contributed by atoms with Crippen molar-refractivity contribution in [2.75, 3.05) is 59.7 Å². The molecule has 0 unspecified atom stereocenters. The number of carbonyl (C=O) groups excluding carboxylic acids is 2. The van der Waals surface area contributed by atoms with E-state index in [-0.39, 0.29) is 17.6 Å². The quantitative estimate of drug-likeness (QED) is 0.534. The van der Waals surface area contributed by atoms with Crippen molar-refractivity contribution in [3.8, 4) is 0 Å². The average Bonchev–Trinajstić information content (AvgIpc) is 3.42. The van der Waals surface area contributed by atoms with Gasteiger partial charge in [0, 0.05) is 39.3 Å². The average molecular weight is 510 g/mol. The number of piperidine rings is 1. The fourth-order valence-electron chi connectivity index (χ4n) is 4.34. The number of thiazole rings is 1. The zero-order valence-corrected chi connectivity index (χ0v) is 20.6. The highest BCUT2D eigenvalue weighted by molar-refractivity contribution is 7.17. The molecule has 1 aromatic carbocycles. The fraction of sp³-hybridized carbons (Fsp3) is 0.360. The van der Waals surface area contributed by atoms with Gasteiger partial charge in [0.25, 0.3) is 5.91 Å². The number of piperazine rings is 1. The maximum Gasteiger partial charge on any atom is 0.322 e. The third-order valence-electron chi connectivity index (χ3n) is 6.36. The summed E-state index contributed by atoms with van der Waals surface area (Å²) < 4.78 is 13.8. The summed E-state index contributed by atoms with van der Waals surface area (Å²) in [6, 6.07) is 9.47. The zero-order valence-electron chi connectivity index (χ0n) is 19.8. The molecule has 9 nitrogen and oxygen atoms in total. The topological polar surface area (TPSA) is 93.7 Å². The maximum atomic E-state index is 13.8. The van der Waals surface area contributed by atoms with Crippen molar-refractivity contribution in [3.05, 3.63) is 59.5 Å². The Hall–Kier alpha value is -3.73. The number of carbonyl (C=O) groups is 2. The molecule has 0 atom stereocenters. The van der Waals surface area contributed by atoms with Crippen LogP contribution in [0.1, 0.15) is 28.9 Å². The summed E-state index contributed by atoms with van der Waals surface area (Å²) in [4.78, 5) is 40.7. The highest BCUT2D eigenvalue weighted by atomic mass is 32.1. The van der Waals surface area contributed by atoms with Crippen molar-refractivity contribution < 1.29 is 14.0 Å². The smallest absolute Gasteiger partial charge is 0.322 e. The first kappa shape index (κ1) is 24.0. The number of benzene rings is 1. The molecule has 2 aromatic heterocycles. The molecular formula is C25H28FN7O2S. The lowest BCUT2D eigenvalue weighted by Crippen LogP contribution is -2.50. The molecule has 0 spiro atoms. The fourth-order valence-corrected chi connectivity index (χ4v) is 5.20. The predicted octanol–water partition coefficient (Wildman–Crippen LogP) is 4.27. The summed E-state index contributed by atoms with van der Waals surface area (Å²) in [6.45, 7) is 4.17. The lowest BCUT2D eigenvalue weighted by atomic mass is 10.1. The number of nitrogens with one attached hydrogen (secondary N) is 2. The molecular weight excluding hydrogens is 481 g/mol. The molecule has 2 aliphatic rings. The van der Waals surface area contributed by atoms with Gasteiger partial charge >= 0.3 is 6.03 Å². The lowest BCUT2D eigenvalue weighted by molar-refractivity contribution is 0.103. The van der Waals surface area contributed by atoms with Crippen LogP contribution in [0.2, 0.25) is 0 Å².